The van der Waals surface area contributed by atoms with Crippen LogP contribution in [0, 0.1) is 47.3 Å². The second-order valence-electron chi connectivity index (χ2n) is 7.70. The summed E-state index contributed by atoms with van der Waals surface area (Å²) in [7, 11) is 1.38. The van der Waals surface area contributed by atoms with Gasteiger partial charge in [-0.15, -0.1) is 0 Å². The summed E-state index contributed by atoms with van der Waals surface area (Å²) in [5.74, 6) is 9.00. The van der Waals surface area contributed by atoms with Crippen LogP contribution in [-0.4, -0.2) is 13.1 Å². The van der Waals surface area contributed by atoms with Crippen LogP contribution in [0.5, 0.6) is 0 Å². The summed E-state index contributed by atoms with van der Waals surface area (Å²) >= 11 is 0. The monoisotopic (exact) mass is 278 g/mol. The Morgan fingerprint density at radius 3 is 1.85 bits per heavy atom. The van der Waals surface area contributed by atoms with E-state index in [1.165, 1.54) is 30.8 Å². The zero-order valence-corrected chi connectivity index (χ0v) is 13.5. The Kier molecular flexibility index (Phi) is 3.85. The van der Waals surface area contributed by atoms with E-state index in [4.69, 9.17) is 0 Å². The van der Waals surface area contributed by atoms with Gasteiger partial charge in [0.1, 0.15) is 0 Å². The van der Waals surface area contributed by atoms with Crippen molar-refractivity contribution in [3.05, 3.63) is 0 Å². The molecule has 0 aromatic heterocycles. The SMILES string of the molecule is CC1C(C)C2CC1C1C3CCC(C3)C21.CCC(=O)OC. The largest absolute Gasteiger partial charge is 0.469 e. The van der Waals surface area contributed by atoms with Gasteiger partial charge in [0.2, 0.25) is 0 Å². The highest BCUT2D eigenvalue weighted by Crippen LogP contribution is 2.70. The molecule has 8 unspecified atom stereocenters. The number of methoxy groups -OCH3 is 1. The molecule has 4 rings (SSSR count). The van der Waals surface area contributed by atoms with E-state index in [9.17, 15) is 4.79 Å². The minimum Gasteiger partial charge on any atom is -0.469 e. The van der Waals surface area contributed by atoms with Gasteiger partial charge in [0.25, 0.3) is 0 Å². The van der Waals surface area contributed by atoms with E-state index in [0.717, 1.165) is 23.7 Å². The molecule has 0 spiro atoms. The zero-order valence-electron chi connectivity index (χ0n) is 13.5. The lowest BCUT2D eigenvalue weighted by Crippen LogP contribution is -2.35. The molecule has 0 aromatic carbocycles. The van der Waals surface area contributed by atoms with Gasteiger partial charge in [-0.1, -0.05) is 20.8 Å². The minimum atomic E-state index is -0.157. The molecule has 0 amide bonds. The number of esters is 1. The smallest absolute Gasteiger partial charge is 0.305 e. The van der Waals surface area contributed by atoms with Crippen molar-refractivity contribution in [1.29, 1.82) is 0 Å². The van der Waals surface area contributed by atoms with E-state index < -0.39 is 0 Å². The van der Waals surface area contributed by atoms with Gasteiger partial charge in [-0.05, 0) is 73.0 Å². The third-order valence-electron chi connectivity index (χ3n) is 7.28. The number of carbonyl (C=O) groups is 1. The van der Waals surface area contributed by atoms with Crippen molar-refractivity contribution < 1.29 is 9.53 Å². The van der Waals surface area contributed by atoms with Crippen molar-refractivity contribution in [3.8, 4) is 0 Å². The Morgan fingerprint density at radius 1 is 1.00 bits per heavy atom. The summed E-state index contributed by atoms with van der Waals surface area (Å²) < 4.78 is 4.26. The number of fused-ring (bicyclic) bond motifs is 9. The van der Waals surface area contributed by atoms with Crippen molar-refractivity contribution >= 4 is 5.97 Å². The van der Waals surface area contributed by atoms with Gasteiger partial charge in [-0.2, -0.15) is 0 Å². The first-order valence-corrected chi connectivity index (χ1v) is 8.65. The van der Waals surface area contributed by atoms with E-state index in [1.54, 1.807) is 32.6 Å². The van der Waals surface area contributed by atoms with E-state index >= 15 is 0 Å². The van der Waals surface area contributed by atoms with Crippen LogP contribution in [0.15, 0.2) is 0 Å². The number of hydrogen-bond donors (Lipinski definition) is 0. The van der Waals surface area contributed by atoms with Crippen LogP contribution in [0.2, 0.25) is 0 Å². The molecule has 2 nitrogen and oxygen atoms in total. The molecule has 4 fully saturated rings. The quantitative estimate of drug-likeness (QED) is 0.532. The fourth-order valence-electron chi connectivity index (χ4n) is 6.33. The second kappa shape index (κ2) is 5.35. The normalized spacial score (nSPS) is 50.6. The van der Waals surface area contributed by atoms with Crippen molar-refractivity contribution in [2.75, 3.05) is 7.11 Å². The van der Waals surface area contributed by atoms with Gasteiger partial charge < -0.3 is 4.74 Å². The van der Waals surface area contributed by atoms with Crippen LogP contribution in [0.4, 0.5) is 0 Å². The molecule has 4 aliphatic carbocycles. The summed E-state index contributed by atoms with van der Waals surface area (Å²) in [6.45, 7) is 6.83. The molecule has 4 bridgehead atoms. The average molecular weight is 278 g/mol. The second-order valence-corrected chi connectivity index (χ2v) is 7.70. The molecule has 0 aromatic rings. The van der Waals surface area contributed by atoms with E-state index in [1.807, 2.05) is 0 Å². The van der Waals surface area contributed by atoms with Crippen LogP contribution in [0.25, 0.3) is 0 Å². The predicted molar refractivity (Wildman–Crippen MR) is 80.0 cm³/mol. The molecule has 0 radical (unpaired) electrons. The van der Waals surface area contributed by atoms with Crippen LogP contribution < -0.4 is 0 Å². The lowest BCUT2D eigenvalue weighted by molar-refractivity contribution is -0.140. The maximum absolute atomic E-state index is 9.96. The summed E-state index contributed by atoms with van der Waals surface area (Å²) in [5, 5.41) is 0. The molecule has 2 heteroatoms. The highest BCUT2D eigenvalue weighted by molar-refractivity contribution is 5.68. The number of ether oxygens (including phenoxy) is 1. The van der Waals surface area contributed by atoms with Crippen LogP contribution >= 0.6 is 0 Å². The fourth-order valence-corrected chi connectivity index (χ4v) is 6.33. The first-order chi connectivity index (χ1) is 9.58. The van der Waals surface area contributed by atoms with E-state index in [-0.39, 0.29) is 5.97 Å². The van der Waals surface area contributed by atoms with Gasteiger partial charge in [0, 0.05) is 6.42 Å². The highest BCUT2D eigenvalue weighted by Gasteiger charge is 2.63. The topological polar surface area (TPSA) is 26.3 Å². The molecule has 0 saturated heterocycles. The molecule has 8 atom stereocenters. The molecule has 0 N–H and O–H groups in total. The first kappa shape index (κ1) is 14.4. The average Bonchev–Trinajstić information content (AvgIpc) is 3.19. The lowest BCUT2D eigenvalue weighted by atomic mass is 9.64. The first-order valence-electron chi connectivity index (χ1n) is 8.65. The lowest BCUT2D eigenvalue weighted by Gasteiger charge is -2.41. The molecular weight excluding hydrogens is 248 g/mol. The Labute approximate surface area is 123 Å². The third-order valence-corrected chi connectivity index (χ3v) is 7.28. The van der Waals surface area contributed by atoms with Crippen LogP contribution in [0.1, 0.15) is 52.9 Å². The van der Waals surface area contributed by atoms with Crippen molar-refractivity contribution in [2.45, 2.75) is 52.9 Å². The van der Waals surface area contributed by atoms with Gasteiger partial charge in [0.05, 0.1) is 7.11 Å². The zero-order chi connectivity index (χ0) is 14.4. The van der Waals surface area contributed by atoms with Crippen LogP contribution in [-0.2, 0) is 9.53 Å². The molecular formula is C18H30O2. The number of rotatable bonds is 1. The maximum Gasteiger partial charge on any atom is 0.305 e. The molecule has 114 valence electrons. The van der Waals surface area contributed by atoms with E-state index in [2.05, 4.69) is 18.6 Å². The molecule has 0 aliphatic heterocycles. The molecule has 4 aliphatic rings. The maximum atomic E-state index is 9.96. The van der Waals surface area contributed by atoms with Gasteiger partial charge in [-0.25, -0.2) is 0 Å². The Morgan fingerprint density at radius 2 is 1.50 bits per heavy atom. The number of carbonyl (C=O) groups excluding carboxylic acids is 1. The number of hydrogen-bond acceptors (Lipinski definition) is 2. The van der Waals surface area contributed by atoms with Crippen molar-refractivity contribution in [3.63, 3.8) is 0 Å². The summed E-state index contributed by atoms with van der Waals surface area (Å²) in [6.07, 6.45) is 6.90. The van der Waals surface area contributed by atoms with Gasteiger partial charge in [0.15, 0.2) is 0 Å². The minimum absolute atomic E-state index is 0.157. The fraction of sp³-hybridized carbons (Fsp3) is 0.944. The molecule has 20 heavy (non-hydrogen) atoms. The van der Waals surface area contributed by atoms with Crippen molar-refractivity contribution in [2.24, 2.45) is 47.3 Å². The standard InChI is InChI=1S/C14H22.C4H8O2/c1-7-8(2)12-6-11(7)13-9-3-4-10(5-9)14(12)13;1-3-4(5)6-2/h7-14H,3-6H2,1-2H3;3H2,1-2H3. The molecule has 4 saturated carbocycles. The predicted octanol–water partition coefficient (Wildman–Crippen LogP) is 4.14. The Balaban J connectivity index is 0.000000175. The summed E-state index contributed by atoms with van der Waals surface area (Å²) in [5.41, 5.74) is 0. The Hall–Kier alpha value is -0.530. The highest BCUT2D eigenvalue weighted by atomic mass is 16.5. The summed E-state index contributed by atoms with van der Waals surface area (Å²) in [4.78, 5) is 9.96. The van der Waals surface area contributed by atoms with Crippen LogP contribution in [0.3, 0.4) is 0 Å². The summed E-state index contributed by atoms with van der Waals surface area (Å²) in [6, 6.07) is 0. The van der Waals surface area contributed by atoms with E-state index in [0.29, 0.717) is 6.42 Å². The van der Waals surface area contributed by atoms with Crippen molar-refractivity contribution in [1.82, 2.24) is 0 Å². The third kappa shape index (κ3) is 2.02. The molecule has 0 heterocycles. The van der Waals surface area contributed by atoms with Gasteiger partial charge >= 0.3 is 5.97 Å². The van der Waals surface area contributed by atoms with Gasteiger partial charge in [-0.3, -0.25) is 4.79 Å². The Bertz CT molecular complexity index is 346.